The van der Waals surface area contributed by atoms with Crippen LogP contribution < -0.4 is 11.2 Å². The van der Waals surface area contributed by atoms with Crippen molar-refractivity contribution in [3.8, 4) is 5.69 Å². The monoisotopic (exact) mass is 360 g/mol. The van der Waals surface area contributed by atoms with Gasteiger partial charge in [0.25, 0.3) is 0 Å². The van der Waals surface area contributed by atoms with E-state index in [1.165, 1.54) is 13.6 Å². The van der Waals surface area contributed by atoms with E-state index in [1.807, 2.05) is 13.0 Å². The number of aryl methyl sites for hydroxylation is 2. The maximum Gasteiger partial charge on any atom is 0.350 e. The number of unbranched alkanes of at least 4 members (excludes halogenated alkanes) is 3. The van der Waals surface area contributed by atoms with Crippen molar-refractivity contribution in [2.75, 3.05) is 0 Å². The lowest BCUT2D eigenvalue weighted by atomic mass is 10.2. The average molecular weight is 361 g/mol. The van der Waals surface area contributed by atoms with Gasteiger partial charge in [0.1, 0.15) is 0 Å². The first-order valence-corrected chi connectivity index (χ1v) is 8.88. The molecule has 0 aliphatic carbocycles. The zero-order chi connectivity index (χ0) is 18.0. The van der Waals surface area contributed by atoms with Gasteiger partial charge in [-0.15, -0.1) is 5.10 Å². The molecule has 7 heteroatoms. The van der Waals surface area contributed by atoms with Crippen LogP contribution in [-0.4, -0.2) is 18.7 Å². The molecule has 0 aliphatic heterocycles. The second kappa shape index (κ2) is 7.27. The summed E-state index contributed by atoms with van der Waals surface area (Å²) in [5.74, 6) is 0. The summed E-state index contributed by atoms with van der Waals surface area (Å²) >= 11 is 6.05. The SMILES string of the molecule is CCCCCCn1nc2c(=O)n(-c3ccc(Cl)c(C)c3)ccn2c1=O. The van der Waals surface area contributed by atoms with Crippen molar-refractivity contribution < 1.29 is 0 Å². The highest BCUT2D eigenvalue weighted by Gasteiger charge is 2.12. The molecule has 0 spiro atoms. The van der Waals surface area contributed by atoms with Crippen molar-refractivity contribution in [2.24, 2.45) is 0 Å². The molecule has 3 aromatic rings. The maximum atomic E-state index is 12.8. The molecule has 0 unspecified atom stereocenters. The predicted octanol–water partition coefficient (Wildman–Crippen LogP) is 3.19. The van der Waals surface area contributed by atoms with Gasteiger partial charge in [0, 0.05) is 29.6 Å². The number of rotatable bonds is 6. The molecule has 132 valence electrons. The van der Waals surface area contributed by atoms with Gasteiger partial charge in [-0.3, -0.25) is 9.36 Å². The van der Waals surface area contributed by atoms with Crippen molar-refractivity contribution in [3.63, 3.8) is 0 Å². The molecular formula is C18H21ClN4O2. The third-order valence-electron chi connectivity index (χ3n) is 4.29. The Morgan fingerprint density at radius 1 is 1.12 bits per heavy atom. The van der Waals surface area contributed by atoms with Gasteiger partial charge >= 0.3 is 11.2 Å². The minimum absolute atomic E-state index is 0.135. The molecule has 0 fully saturated rings. The van der Waals surface area contributed by atoms with Crippen LogP contribution in [0.2, 0.25) is 5.02 Å². The molecular weight excluding hydrogens is 340 g/mol. The van der Waals surface area contributed by atoms with Crippen LogP contribution in [0.25, 0.3) is 11.3 Å². The van der Waals surface area contributed by atoms with Crippen LogP contribution in [0.3, 0.4) is 0 Å². The summed E-state index contributed by atoms with van der Waals surface area (Å²) in [6.45, 7) is 4.54. The summed E-state index contributed by atoms with van der Waals surface area (Å²) in [4.78, 5) is 25.2. The summed E-state index contributed by atoms with van der Waals surface area (Å²) in [7, 11) is 0. The zero-order valence-corrected chi connectivity index (χ0v) is 15.2. The number of hydrogen-bond donors (Lipinski definition) is 0. The van der Waals surface area contributed by atoms with Gasteiger partial charge in [0.2, 0.25) is 5.65 Å². The lowest BCUT2D eigenvalue weighted by Gasteiger charge is -2.07. The Bertz CT molecular complexity index is 1020. The molecule has 0 aliphatic rings. The standard InChI is InChI=1S/C18H21ClN4O2/c1-3-4-5-6-9-23-18(25)22-11-10-21(17(24)16(22)20-23)14-7-8-15(19)13(2)12-14/h7-8,10-12H,3-6,9H2,1-2H3. The second-order valence-electron chi connectivity index (χ2n) is 6.17. The lowest BCUT2D eigenvalue weighted by Crippen LogP contribution is -2.24. The first kappa shape index (κ1) is 17.5. The third kappa shape index (κ3) is 3.39. The lowest BCUT2D eigenvalue weighted by molar-refractivity contribution is 0.528. The van der Waals surface area contributed by atoms with Crippen LogP contribution in [0.5, 0.6) is 0 Å². The third-order valence-corrected chi connectivity index (χ3v) is 4.71. The molecule has 0 saturated heterocycles. The van der Waals surface area contributed by atoms with E-state index in [0.29, 0.717) is 17.3 Å². The van der Waals surface area contributed by atoms with Crippen LogP contribution >= 0.6 is 11.6 Å². The van der Waals surface area contributed by atoms with Gasteiger partial charge in [-0.25, -0.2) is 13.9 Å². The molecule has 0 atom stereocenters. The van der Waals surface area contributed by atoms with Gasteiger partial charge in [0.15, 0.2) is 0 Å². The smallest absolute Gasteiger partial charge is 0.280 e. The van der Waals surface area contributed by atoms with Gasteiger partial charge in [-0.05, 0) is 37.1 Å². The number of benzene rings is 1. The summed E-state index contributed by atoms with van der Waals surface area (Å²) in [5, 5.41) is 4.89. The van der Waals surface area contributed by atoms with E-state index < -0.39 is 0 Å². The number of nitrogens with zero attached hydrogens (tertiary/aromatic N) is 4. The fourth-order valence-corrected chi connectivity index (χ4v) is 2.94. The van der Waals surface area contributed by atoms with E-state index in [-0.39, 0.29) is 16.9 Å². The van der Waals surface area contributed by atoms with Crippen LogP contribution in [-0.2, 0) is 6.54 Å². The number of aromatic nitrogens is 4. The Kier molecular flexibility index (Phi) is 5.08. The fourth-order valence-electron chi connectivity index (χ4n) is 2.83. The second-order valence-corrected chi connectivity index (χ2v) is 6.57. The van der Waals surface area contributed by atoms with Crippen molar-refractivity contribution in [1.29, 1.82) is 0 Å². The predicted molar refractivity (Wildman–Crippen MR) is 98.9 cm³/mol. The van der Waals surface area contributed by atoms with E-state index in [4.69, 9.17) is 11.6 Å². The van der Waals surface area contributed by atoms with E-state index in [1.54, 1.807) is 24.5 Å². The molecule has 0 N–H and O–H groups in total. The maximum absolute atomic E-state index is 12.8. The molecule has 2 heterocycles. The van der Waals surface area contributed by atoms with Gasteiger partial charge in [0.05, 0.1) is 0 Å². The average Bonchev–Trinajstić information content (AvgIpc) is 2.92. The van der Waals surface area contributed by atoms with Crippen LogP contribution in [0.15, 0.2) is 40.2 Å². The van der Waals surface area contributed by atoms with E-state index in [0.717, 1.165) is 31.2 Å². The molecule has 25 heavy (non-hydrogen) atoms. The fraction of sp³-hybridized carbons (Fsp3) is 0.389. The zero-order valence-electron chi connectivity index (χ0n) is 14.4. The highest BCUT2D eigenvalue weighted by atomic mass is 35.5. The molecule has 1 aromatic carbocycles. The van der Waals surface area contributed by atoms with Crippen molar-refractivity contribution in [1.82, 2.24) is 18.7 Å². The molecule has 6 nitrogen and oxygen atoms in total. The largest absolute Gasteiger partial charge is 0.350 e. The summed E-state index contributed by atoms with van der Waals surface area (Å²) in [5.41, 5.74) is 1.11. The van der Waals surface area contributed by atoms with E-state index in [2.05, 4.69) is 12.0 Å². The highest BCUT2D eigenvalue weighted by Crippen LogP contribution is 2.18. The molecule has 0 amide bonds. The Balaban J connectivity index is 2.01. The topological polar surface area (TPSA) is 61.3 Å². The Labute approximate surface area is 150 Å². The van der Waals surface area contributed by atoms with E-state index >= 15 is 0 Å². The molecule has 2 aromatic heterocycles. The Morgan fingerprint density at radius 3 is 2.64 bits per heavy atom. The summed E-state index contributed by atoms with van der Waals surface area (Å²) in [6.07, 6.45) is 7.35. The summed E-state index contributed by atoms with van der Waals surface area (Å²) in [6, 6.07) is 5.36. The van der Waals surface area contributed by atoms with Gasteiger partial charge in [-0.1, -0.05) is 37.8 Å². The number of halogens is 1. The summed E-state index contributed by atoms with van der Waals surface area (Å²) < 4.78 is 4.16. The van der Waals surface area contributed by atoms with Crippen LogP contribution in [0.4, 0.5) is 0 Å². The first-order chi connectivity index (χ1) is 12.0. The highest BCUT2D eigenvalue weighted by molar-refractivity contribution is 6.31. The first-order valence-electron chi connectivity index (χ1n) is 8.50. The molecule has 0 bridgehead atoms. The Hall–Kier alpha value is -2.34. The minimum atomic E-state index is -0.325. The van der Waals surface area contributed by atoms with Crippen LogP contribution in [0.1, 0.15) is 38.2 Å². The quantitative estimate of drug-likeness (QED) is 0.634. The van der Waals surface area contributed by atoms with Crippen molar-refractivity contribution in [2.45, 2.75) is 46.1 Å². The van der Waals surface area contributed by atoms with Crippen molar-refractivity contribution in [3.05, 3.63) is 62.0 Å². The molecule has 0 radical (unpaired) electrons. The minimum Gasteiger partial charge on any atom is -0.280 e. The number of fused-ring (bicyclic) bond motifs is 1. The Morgan fingerprint density at radius 2 is 1.92 bits per heavy atom. The van der Waals surface area contributed by atoms with E-state index in [9.17, 15) is 9.59 Å². The van der Waals surface area contributed by atoms with Gasteiger partial charge in [-0.2, -0.15) is 0 Å². The molecule has 3 rings (SSSR count). The van der Waals surface area contributed by atoms with Crippen molar-refractivity contribution >= 4 is 17.2 Å². The number of hydrogen-bond acceptors (Lipinski definition) is 3. The van der Waals surface area contributed by atoms with Gasteiger partial charge < -0.3 is 0 Å². The normalized spacial score (nSPS) is 11.3. The van der Waals surface area contributed by atoms with Crippen LogP contribution in [0, 0.1) is 6.92 Å². The molecule has 0 saturated carbocycles.